The van der Waals surface area contributed by atoms with Crippen LogP contribution in [-0.2, 0) is 13.2 Å². The van der Waals surface area contributed by atoms with Gasteiger partial charge in [-0.25, -0.2) is 18.9 Å². The number of nitrogens with zero attached hydrogens (tertiary/aromatic N) is 5. The molecule has 1 N–H and O–H groups in total. The van der Waals surface area contributed by atoms with E-state index in [4.69, 9.17) is 4.42 Å². The number of nitrogens with one attached hydrogen (secondary N) is 1. The van der Waals surface area contributed by atoms with Crippen molar-refractivity contribution in [1.82, 2.24) is 24.5 Å². The highest BCUT2D eigenvalue weighted by Gasteiger charge is 2.37. The molecule has 3 aromatic heterocycles. The summed E-state index contributed by atoms with van der Waals surface area (Å²) in [6.07, 6.45) is -3.75. The summed E-state index contributed by atoms with van der Waals surface area (Å²) >= 11 is 0. The highest BCUT2D eigenvalue weighted by Crippen LogP contribution is 2.33. The zero-order valence-corrected chi connectivity index (χ0v) is 17.0. The molecule has 0 spiro atoms. The van der Waals surface area contributed by atoms with E-state index in [1.807, 2.05) is 0 Å². The van der Waals surface area contributed by atoms with Crippen LogP contribution in [0, 0.1) is 12.7 Å². The molecule has 4 aromatic rings. The first kappa shape index (κ1) is 21.9. The van der Waals surface area contributed by atoms with Gasteiger partial charge in [-0.15, -0.1) is 5.10 Å². The summed E-state index contributed by atoms with van der Waals surface area (Å²) in [5.74, 6) is -2.73. The molecule has 0 aliphatic heterocycles. The Morgan fingerprint density at radius 3 is 2.48 bits per heavy atom. The Hall–Kier alpha value is -4.29. The molecule has 0 bridgehead atoms. The van der Waals surface area contributed by atoms with Crippen molar-refractivity contribution in [3.63, 3.8) is 0 Å². The first-order valence-electron chi connectivity index (χ1n) is 9.29. The molecule has 0 unspecified atom stereocenters. The molecule has 0 fully saturated rings. The Bertz CT molecular complexity index is 1380. The van der Waals surface area contributed by atoms with Gasteiger partial charge in [-0.2, -0.15) is 23.0 Å². The molecule has 0 atom stereocenters. The van der Waals surface area contributed by atoms with Gasteiger partial charge in [0.1, 0.15) is 17.3 Å². The summed E-state index contributed by atoms with van der Waals surface area (Å²) < 4.78 is 60.9. The number of aromatic nitrogens is 5. The summed E-state index contributed by atoms with van der Waals surface area (Å²) in [6.45, 7) is 1.56. The summed E-state index contributed by atoms with van der Waals surface area (Å²) in [4.78, 5) is 27.8. The molecule has 33 heavy (non-hydrogen) atoms. The van der Waals surface area contributed by atoms with Crippen molar-refractivity contribution in [2.75, 3.05) is 5.32 Å². The van der Waals surface area contributed by atoms with Gasteiger partial charge >= 0.3 is 11.9 Å². The highest BCUT2D eigenvalue weighted by molar-refractivity contribution is 6.05. The SMILES string of the molecule is Cc1cccc(F)c1C(=O)Nc1ccc(-n2nc(-c3nn(C)c(=O)o3)cc2C(F)(F)F)cn1. The van der Waals surface area contributed by atoms with E-state index in [-0.39, 0.29) is 28.7 Å². The number of aryl methyl sites for hydroxylation is 2. The van der Waals surface area contributed by atoms with Crippen LogP contribution in [-0.4, -0.2) is 30.5 Å². The number of anilines is 1. The van der Waals surface area contributed by atoms with Crippen molar-refractivity contribution in [3.05, 3.63) is 75.8 Å². The summed E-state index contributed by atoms with van der Waals surface area (Å²) in [6, 6.07) is 7.31. The van der Waals surface area contributed by atoms with Crippen LogP contribution in [0.4, 0.5) is 23.4 Å². The minimum absolute atomic E-state index is 0.0111. The predicted octanol–water partition coefficient (Wildman–Crippen LogP) is 3.34. The minimum Gasteiger partial charge on any atom is -0.386 e. The molecule has 13 heteroatoms. The number of halogens is 4. The summed E-state index contributed by atoms with van der Waals surface area (Å²) in [5.41, 5.74) is -1.33. The van der Waals surface area contributed by atoms with E-state index in [1.165, 1.54) is 25.2 Å². The van der Waals surface area contributed by atoms with E-state index in [0.717, 1.165) is 16.9 Å². The van der Waals surface area contributed by atoms with Crippen molar-refractivity contribution in [1.29, 1.82) is 0 Å². The minimum atomic E-state index is -4.80. The largest absolute Gasteiger partial charge is 0.437 e. The third kappa shape index (κ3) is 4.24. The number of benzene rings is 1. The topological polar surface area (TPSA) is 108 Å². The average molecular weight is 462 g/mol. The number of hydrogen-bond donors (Lipinski definition) is 1. The van der Waals surface area contributed by atoms with Gasteiger partial charge in [-0.3, -0.25) is 4.79 Å². The lowest BCUT2D eigenvalue weighted by Crippen LogP contribution is -2.17. The smallest absolute Gasteiger partial charge is 0.386 e. The van der Waals surface area contributed by atoms with Gasteiger partial charge in [0.15, 0.2) is 5.69 Å². The number of pyridine rings is 1. The Balaban J connectivity index is 1.66. The second-order valence-electron chi connectivity index (χ2n) is 6.91. The zero-order valence-electron chi connectivity index (χ0n) is 17.0. The number of alkyl halides is 3. The molecule has 3 heterocycles. The second-order valence-corrected chi connectivity index (χ2v) is 6.91. The number of amides is 1. The first-order chi connectivity index (χ1) is 15.5. The molecule has 170 valence electrons. The van der Waals surface area contributed by atoms with E-state index >= 15 is 0 Å². The fraction of sp³-hybridized carbons (Fsp3) is 0.150. The van der Waals surface area contributed by atoms with Crippen LogP contribution in [0.25, 0.3) is 17.3 Å². The lowest BCUT2D eigenvalue weighted by Gasteiger charge is -2.11. The third-order valence-corrected chi connectivity index (χ3v) is 4.59. The van der Waals surface area contributed by atoms with Crippen LogP contribution >= 0.6 is 0 Å². The number of carbonyl (C=O) groups is 1. The van der Waals surface area contributed by atoms with Gasteiger partial charge < -0.3 is 9.73 Å². The summed E-state index contributed by atoms with van der Waals surface area (Å²) in [5, 5.41) is 9.94. The van der Waals surface area contributed by atoms with Gasteiger partial charge in [-0.05, 0) is 30.7 Å². The van der Waals surface area contributed by atoms with Crippen LogP contribution in [0.2, 0.25) is 0 Å². The molecule has 0 radical (unpaired) electrons. The van der Waals surface area contributed by atoms with Gasteiger partial charge in [0.25, 0.3) is 11.8 Å². The normalized spacial score (nSPS) is 11.6. The first-order valence-corrected chi connectivity index (χ1v) is 9.29. The maximum atomic E-state index is 14.0. The van der Waals surface area contributed by atoms with Gasteiger partial charge in [0.05, 0.1) is 17.4 Å². The lowest BCUT2D eigenvalue weighted by atomic mass is 10.1. The zero-order chi connectivity index (χ0) is 23.9. The molecule has 0 saturated heterocycles. The molecule has 1 aromatic carbocycles. The summed E-state index contributed by atoms with van der Waals surface area (Å²) in [7, 11) is 1.27. The van der Waals surface area contributed by atoms with Crippen LogP contribution in [0.3, 0.4) is 0 Å². The van der Waals surface area contributed by atoms with E-state index in [2.05, 4.69) is 20.5 Å². The van der Waals surface area contributed by atoms with Crippen molar-refractivity contribution >= 4 is 11.7 Å². The molecule has 1 amide bonds. The van der Waals surface area contributed by atoms with Crippen LogP contribution in [0.5, 0.6) is 0 Å². The average Bonchev–Trinajstić information content (AvgIpc) is 3.32. The van der Waals surface area contributed by atoms with Crippen molar-refractivity contribution in [3.8, 4) is 17.3 Å². The Morgan fingerprint density at radius 1 is 1.15 bits per heavy atom. The Labute approximate surface area is 182 Å². The lowest BCUT2D eigenvalue weighted by molar-refractivity contribution is -0.142. The highest BCUT2D eigenvalue weighted by atomic mass is 19.4. The molecule has 9 nitrogen and oxygen atoms in total. The van der Waals surface area contributed by atoms with E-state index in [9.17, 15) is 27.2 Å². The number of rotatable bonds is 4. The van der Waals surface area contributed by atoms with Gasteiger partial charge in [0.2, 0.25) is 0 Å². The molecule has 4 rings (SSSR count). The number of hydrogen-bond acceptors (Lipinski definition) is 6. The van der Waals surface area contributed by atoms with Crippen molar-refractivity contribution < 1.29 is 26.8 Å². The molecule has 0 aliphatic carbocycles. The van der Waals surface area contributed by atoms with E-state index in [0.29, 0.717) is 16.3 Å². The molecule has 0 aliphatic rings. The monoisotopic (exact) mass is 462 g/mol. The maximum Gasteiger partial charge on any atom is 0.437 e. The van der Waals surface area contributed by atoms with Crippen molar-refractivity contribution in [2.24, 2.45) is 7.05 Å². The fourth-order valence-electron chi connectivity index (χ4n) is 3.02. The standard InChI is InChI=1S/C20H14F4N6O3/c1-10-4-3-5-12(21)16(10)17(31)26-15-7-6-11(9-25-15)30-14(20(22,23)24)8-13(27-30)18-28-29(2)19(32)33-18/h3-9H,1-2H3,(H,25,26,31). The van der Waals surface area contributed by atoms with E-state index in [1.54, 1.807) is 13.0 Å². The van der Waals surface area contributed by atoms with Crippen molar-refractivity contribution in [2.45, 2.75) is 13.1 Å². The second kappa shape index (κ2) is 8.00. The quantitative estimate of drug-likeness (QED) is 0.466. The number of carbonyl (C=O) groups excluding carboxylic acids is 1. The molecule has 0 saturated carbocycles. The molecular weight excluding hydrogens is 448 g/mol. The van der Waals surface area contributed by atoms with Crippen LogP contribution < -0.4 is 11.1 Å². The Kier molecular flexibility index (Phi) is 5.31. The van der Waals surface area contributed by atoms with Gasteiger partial charge in [-0.1, -0.05) is 12.1 Å². The van der Waals surface area contributed by atoms with Crippen LogP contribution in [0.15, 0.2) is 51.8 Å². The fourth-order valence-corrected chi connectivity index (χ4v) is 3.02. The third-order valence-electron chi connectivity index (χ3n) is 4.59. The van der Waals surface area contributed by atoms with E-state index < -0.39 is 29.4 Å². The maximum absolute atomic E-state index is 14.0. The van der Waals surface area contributed by atoms with Crippen LogP contribution in [0.1, 0.15) is 21.6 Å². The molecular formula is C20H14F4N6O3. The Morgan fingerprint density at radius 2 is 1.91 bits per heavy atom. The predicted molar refractivity (Wildman–Crippen MR) is 106 cm³/mol. The van der Waals surface area contributed by atoms with Gasteiger partial charge in [0, 0.05) is 13.1 Å².